The fourth-order valence-electron chi connectivity index (χ4n) is 1.25. The highest BCUT2D eigenvalue weighted by Crippen LogP contribution is 2.22. The first kappa shape index (κ1) is 12.4. The minimum Gasteiger partial charge on any atom is -0.379 e. The lowest BCUT2D eigenvalue weighted by molar-refractivity contribution is 0.121. The van der Waals surface area contributed by atoms with Gasteiger partial charge in [-0.1, -0.05) is 30.7 Å². The van der Waals surface area contributed by atoms with Gasteiger partial charge in [-0.2, -0.15) is 0 Å². The molecule has 2 N–H and O–H groups in total. The van der Waals surface area contributed by atoms with E-state index in [4.69, 9.17) is 22.1 Å². The molecule has 2 nitrogen and oxygen atoms in total. The Morgan fingerprint density at radius 1 is 1.53 bits per heavy atom. The number of benzene rings is 1. The highest BCUT2D eigenvalue weighted by Gasteiger charge is 2.13. The zero-order valence-electron chi connectivity index (χ0n) is 8.67. The molecule has 0 aliphatic carbocycles. The van der Waals surface area contributed by atoms with Gasteiger partial charge in [-0.15, -0.1) is 0 Å². The second kappa shape index (κ2) is 6.05. The average Bonchev–Trinajstić information content (AvgIpc) is 2.22. The summed E-state index contributed by atoms with van der Waals surface area (Å²) in [4.78, 5) is 0. The third-order valence-electron chi connectivity index (χ3n) is 2.03. The summed E-state index contributed by atoms with van der Waals surface area (Å²) < 4.78 is 18.8. The maximum atomic E-state index is 13.5. The summed E-state index contributed by atoms with van der Waals surface area (Å²) in [5.74, 6) is -0.452. The van der Waals surface area contributed by atoms with Crippen molar-refractivity contribution in [1.29, 1.82) is 0 Å². The molecular weight excluding hydrogens is 217 g/mol. The fraction of sp³-hybridized carbons (Fsp3) is 0.455. The molecule has 0 amide bonds. The van der Waals surface area contributed by atoms with Crippen molar-refractivity contribution in [2.45, 2.75) is 19.4 Å². The Balaban J connectivity index is 2.65. The second-order valence-electron chi connectivity index (χ2n) is 3.32. The SMILES string of the molecule is CCCOCC(N)c1cccc(Cl)c1F. The molecule has 0 aliphatic rings. The standard InChI is InChI=1S/C11H15ClFNO/c1-2-6-15-7-10(14)8-4-3-5-9(12)11(8)13/h3-5,10H,2,6-7,14H2,1H3. The van der Waals surface area contributed by atoms with Crippen LogP contribution < -0.4 is 5.73 Å². The van der Waals surface area contributed by atoms with Crippen LogP contribution in [0.3, 0.4) is 0 Å². The van der Waals surface area contributed by atoms with Gasteiger partial charge in [0.2, 0.25) is 0 Å². The summed E-state index contributed by atoms with van der Waals surface area (Å²) in [5.41, 5.74) is 6.18. The van der Waals surface area contributed by atoms with Crippen molar-refractivity contribution >= 4 is 11.6 Å². The lowest BCUT2D eigenvalue weighted by Gasteiger charge is -2.13. The molecule has 0 spiro atoms. The number of rotatable bonds is 5. The highest BCUT2D eigenvalue weighted by molar-refractivity contribution is 6.30. The van der Waals surface area contributed by atoms with E-state index >= 15 is 0 Å². The van der Waals surface area contributed by atoms with Crippen LogP contribution in [0.15, 0.2) is 18.2 Å². The van der Waals surface area contributed by atoms with Crippen LogP contribution in [0.1, 0.15) is 24.9 Å². The number of hydrogen-bond donors (Lipinski definition) is 1. The zero-order chi connectivity index (χ0) is 11.3. The topological polar surface area (TPSA) is 35.2 Å². The Bertz CT molecular complexity index is 319. The molecule has 0 saturated carbocycles. The van der Waals surface area contributed by atoms with Crippen LogP contribution >= 0.6 is 11.6 Å². The molecule has 1 atom stereocenters. The van der Waals surface area contributed by atoms with Crippen molar-refractivity contribution in [1.82, 2.24) is 0 Å². The van der Waals surface area contributed by atoms with E-state index in [1.807, 2.05) is 6.92 Å². The first-order chi connectivity index (χ1) is 7.16. The molecule has 4 heteroatoms. The van der Waals surface area contributed by atoms with Gasteiger partial charge in [0.25, 0.3) is 0 Å². The van der Waals surface area contributed by atoms with Crippen molar-refractivity contribution < 1.29 is 9.13 Å². The predicted octanol–water partition coefficient (Wildman–Crippen LogP) is 2.91. The van der Waals surface area contributed by atoms with E-state index in [1.54, 1.807) is 12.1 Å². The Kier molecular flexibility index (Phi) is 5.02. The molecule has 0 heterocycles. The van der Waals surface area contributed by atoms with Gasteiger partial charge in [-0.3, -0.25) is 0 Å². The van der Waals surface area contributed by atoms with Crippen molar-refractivity contribution in [2.24, 2.45) is 5.73 Å². The summed E-state index contributed by atoms with van der Waals surface area (Å²) in [6.07, 6.45) is 0.921. The van der Waals surface area contributed by atoms with E-state index in [1.165, 1.54) is 6.07 Å². The Morgan fingerprint density at radius 3 is 2.93 bits per heavy atom. The third kappa shape index (κ3) is 3.45. The summed E-state index contributed by atoms with van der Waals surface area (Å²) >= 11 is 5.65. The average molecular weight is 232 g/mol. The van der Waals surface area contributed by atoms with Crippen LogP contribution in [-0.2, 0) is 4.74 Å². The number of halogens is 2. The summed E-state index contributed by atoms with van der Waals surface area (Å²) in [6.45, 7) is 2.95. The van der Waals surface area contributed by atoms with Gasteiger partial charge >= 0.3 is 0 Å². The molecule has 0 saturated heterocycles. The van der Waals surface area contributed by atoms with Gasteiger partial charge in [0.1, 0.15) is 5.82 Å². The summed E-state index contributed by atoms with van der Waals surface area (Å²) in [5, 5.41) is 0.0958. The normalized spacial score (nSPS) is 12.8. The van der Waals surface area contributed by atoms with E-state index in [9.17, 15) is 4.39 Å². The van der Waals surface area contributed by atoms with Crippen LogP contribution in [0.2, 0.25) is 5.02 Å². The van der Waals surface area contributed by atoms with E-state index in [2.05, 4.69) is 0 Å². The van der Waals surface area contributed by atoms with Gasteiger partial charge in [0.05, 0.1) is 17.7 Å². The van der Waals surface area contributed by atoms with Gasteiger partial charge < -0.3 is 10.5 Å². The minimum absolute atomic E-state index is 0.0958. The van der Waals surface area contributed by atoms with Gasteiger partial charge in [0, 0.05) is 12.2 Å². The molecule has 1 aromatic carbocycles. The number of nitrogens with two attached hydrogens (primary N) is 1. The van der Waals surface area contributed by atoms with Crippen LogP contribution in [0, 0.1) is 5.82 Å². The first-order valence-electron chi connectivity index (χ1n) is 4.94. The van der Waals surface area contributed by atoms with E-state index in [0.29, 0.717) is 18.8 Å². The van der Waals surface area contributed by atoms with Crippen LogP contribution in [0.25, 0.3) is 0 Å². The minimum atomic E-state index is -0.463. The number of ether oxygens (including phenoxy) is 1. The maximum absolute atomic E-state index is 13.5. The molecular formula is C11H15ClFNO. The smallest absolute Gasteiger partial charge is 0.146 e. The maximum Gasteiger partial charge on any atom is 0.146 e. The monoisotopic (exact) mass is 231 g/mol. The largest absolute Gasteiger partial charge is 0.379 e. The van der Waals surface area contributed by atoms with E-state index in [-0.39, 0.29) is 5.02 Å². The lowest BCUT2D eigenvalue weighted by Crippen LogP contribution is -2.18. The van der Waals surface area contributed by atoms with Crippen LogP contribution in [0.4, 0.5) is 4.39 Å². The molecule has 0 aliphatic heterocycles. The Labute approximate surface area is 94.2 Å². The molecule has 0 fully saturated rings. The van der Waals surface area contributed by atoms with Crippen molar-refractivity contribution in [3.63, 3.8) is 0 Å². The first-order valence-corrected chi connectivity index (χ1v) is 5.31. The summed E-state index contributed by atoms with van der Waals surface area (Å²) in [6, 6.07) is 4.34. The van der Waals surface area contributed by atoms with Crippen molar-refractivity contribution in [3.05, 3.63) is 34.6 Å². The quantitative estimate of drug-likeness (QED) is 0.791. The Hall–Kier alpha value is -0.640. The van der Waals surface area contributed by atoms with Crippen molar-refractivity contribution in [3.8, 4) is 0 Å². The van der Waals surface area contributed by atoms with Gasteiger partial charge in [-0.05, 0) is 12.5 Å². The van der Waals surface area contributed by atoms with E-state index in [0.717, 1.165) is 6.42 Å². The molecule has 15 heavy (non-hydrogen) atoms. The lowest BCUT2D eigenvalue weighted by atomic mass is 10.1. The van der Waals surface area contributed by atoms with Crippen molar-refractivity contribution in [2.75, 3.05) is 13.2 Å². The molecule has 1 aromatic rings. The van der Waals surface area contributed by atoms with Gasteiger partial charge in [0.15, 0.2) is 0 Å². The predicted molar refractivity (Wildman–Crippen MR) is 59.4 cm³/mol. The van der Waals surface area contributed by atoms with Crippen LogP contribution in [0.5, 0.6) is 0 Å². The molecule has 0 bridgehead atoms. The third-order valence-corrected chi connectivity index (χ3v) is 2.32. The zero-order valence-corrected chi connectivity index (χ0v) is 9.43. The summed E-state index contributed by atoms with van der Waals surface area (Å²) in [7, 11) is 0. The second-order valence-corrected chi connectivity index (χ2v) is 3.73. The molecule has 1 rings (SSSR count). The van der Waals surface area contributed by atoms with Crippen LogP contribution in [-0.4, -0.2) is 13.2 Å². The molecule has 0 radical (unpaired) electrons. The molecule has 0 aromatic heterocycles. The fourth-order valence-corrected chi connectivity index (χ4v) is 1.43. The Morgan fingerprint density at radius 2 is 2.27 bits per heavy atom. The highest BCUT2D eigenvalue weighted by atomic mass is 35.5. The number of hydrogen-bond acceptors (Lipinski definition) is 2. The van der Waals surface area contributed by atoms with Gasteiger partial charge in [-0.25, -0.2) is 4.39 Å². The molecule has 84 valence electrons. The molecule has 1 unspecified atom stereocenters. The van der Waals surface area contributed by atoms with E-state index < -0.39 is 11.9 Å².